The molecule has 0 aliphatic carbocycles. The van der Waals surface area contributed by atoms with E-state index in [9.17, 15) is 14.4 Å². The van der Waals surface area contributed by atoms with Gasteiger partial charge in [0, 0.05) is 56.7 Å². The molecule has 2 aromatic rings. The molecule has 0 spiro atoms. The normalized spacial score (nSPS) is 17.4. The quantitative estimate of drug-likeness (QED) is 0.742. The van der Waals surface area contributed by atoms with E-state index in [0.29, 0.717) is 55.5 Å². The molecule has 0 radical (unpaired) electrons. The summed E-state index contributed by atoms with van der Waals surface area (Å²) in [4.78, 5) is 55.2. The fourth-order valence-corrected chi connectivity index (χ4v) is 4.30. The number of nitrogens with one attached hydrogen (secondary N) is 1. The molecule has 2 amide bonds. The van der Waals surface area contributed by atoms with Crippen LogP contribution in [0.2, 0.25) is 0 Å². The number of carbonyl (C=O) groups excluding carboxylic acids is 2. The molecule has 170 valence electrons. The van der Waals surface area contributed by atoms with Crippen LogP contribution in [0.1, 0.15) is 30.5 Å². The topological polar surface area (TPSA) is 102 Å². The van der Waals surface area contributed by atoms with Gasteiger partial charge >= 0.3 is 0 Å². The summed E-state index contributed by atoms with van der Waals surface area (Å²) in [7, 11) is 0. The predicted molar refractivity (Wildman–Crippen MR) is 120 cm³/mol. The molecule has 9 heteroatoms. The fraction of sp³-hybridized carbons (Fsp3) is 0.522. The summed E-state index contributed by atoms with van der Waals surface area (Å²) in [5.41, 5.74) is 1.20. The number of aromatic amines is 1. The van der Waals surface area contributed by atoms with Gasteiger partial charge in [0.1, 0.15) is 5.69 Å². The Kier molecular flexibility index (Phi) is 6.94. The lowest BCUT2D eigenvalue weighted by molar-refractivity contribution is -0.135. The Hall–Kier alpha value is -3.07. The van der Waals surface area contributed by atoms with Crippen LogP contribution >= 0.6 is 0 Å². The Morgan fingerprint density at radius 3 is 2.34 bits per heavy atom. The van der Waals surface area contributed by atoms with E-state index in [1.807, 2.05) is 11.0 Å². The fourth-order valence-electron chi connectivity index (χ4n) is 4.30. The van der Waals surface area contributed by atoms with Gasteiger partial charge in [0.05, 0.1) is 13.0 Å². The highest BCUT2D eigenvalue weighted by atomic mass is 16.2. The highest BCUT2D eigenvalue weighted by molar-refractivity contribution is 5.80. The second kappa shape index (κ2) is 10.0. The first-order valence-electron chi connectivity index (χ1n) is 11.3. The Labute approximate surface area is 187 Å². The Bertz CT molecular complexity index is 1010. The lowest BCUT2D eigenvalue weighted by Crippen LogP contribution is -2.52. The van der Waals surface area contributed by atoms with Gasteiger partial charge in [-0.25, -0.2) is 4.98 Å². The first-order valence-corrected chi connectivity index (χ1v) is 11.3. The molecule has 2 aliphatic heterocycles. The van der Waals surface area contributed by atoms with Crippen molar-refractivity contribution in [3.05, 3.63) is 46.0 Å². The molecular weight excluding hydrogens is 408 g/mol. The van der Waals surface area contributed by atoms with Crippen LogP contribution < -0.4 is 5.56 Å². The third kappa shape index (κ3) is 5.21. The standard InChI is InChI=1S/C23H30N6O3/c1-17-18(23(32)26-22(25-17)19-7-3-4-8-24-19)15-20(30)29-13-11-27(12-14-29)16-21(31)28-9-5-2-6-10-28/h3-4,7-8H,2,5-6,9-16H2,1H3,(H,25,26,32). The van der Waals surface area contributed by atoms with Crippen molar-refractivity contribution >= 4 is 11.8 Å². The molecule has 0 aromatic carbocycles. The average Bonchev–Trinajstić information content (AvgIpc) is 2.82. The zero-order chi connectivity index (χ0) is 22.5. The molecule has 2 aromatic heterocycles. The highest BCUT2D eigenvalue weighted by Gasteiger charge is 2.26. The van der Waals surface area contributed by atoms with Gasteiger partial charge < -0.3 is 14.8 Å². The van der Waals surface area contributed by atoms with Crippen molar-refractivity contribution in [2.24, 2.45) is 0 Å². The van der Waals surface area contributed by atoms with Gasteiger partial charge in [0.15, 0.2) is 5.82 Å². The molecule has 0 bridgehead atoms. The number of pyridine rings is 1. The summed E-state index contributed by atoms with van der Waals surface area (Å²) < 4.78 is 0. The summed E-state index contributed by atoms with van der Waals surface area (Å²) in [6.45, 7) is 6.32. The molecule has 2 saturated heterocycles. The van der Waals surface area contributed by atoms with Gasteiger partial charge in [0.25, 0.3) is 5.56 Å². The maximum Gasteiger partial charge on any atom is 0.255 e. The van der Waals surface area contributed by atoms with Crippen molar-refractivity contribution in [3.63, 3.8) is 0 Å². The largest absolute Gasteiger partial charge is 0.342 e. The predicted octanol–water partition coefficient (Wildman–Crippen LogP) is 0.840. The second-order valence-electron chi connectivity index (χ2n) is 8.47. The average molecular weight is 439 g/mol. The molecule has 0 saturated carbocycles. The number of aromatic nitrogens is 3. The number of hydrogen-bond acceptors (Lipinski definition) is 6. The number of H-pyrrole nitrogens is 1. The molecule has 32 heavy (non-hydrogen) atoms. The van der Waals surface area contributed by atoms with Crippen LogP contribution in [0.5, 0.6) is 0 Å². The van der Waals surface area contributed by atoms with E-state index < -0.39 is 0 Å². The van der Waals surface area contributed by atoms with Gasteiger partial charge in [0.2, 0.25) is 11.8 Å². The van der Waals surface area contributed by atoms with E-state index in [-0.39, 0.29) is 23.8 Å². The van der Waals surface area contributed by atoms with Crippen molar-refractivity contribution in [3.8, 4) is 11.5 Å². The number of rotatable bonds is 5. The summed E-state index contributed by atoms with van der Waals surface area (Å²) in [6.07, 6.45) is 5.04. The van der Waals surface area contributed by atoms with E-state index in [1.54, 1.807) is 30.2 Å². The Morgan fingerprint density at radius 2 is 1.69 bits per heavy atom. The lowest BCUT2D eigenvalue weighted by atomic mass is 10.1. The minimum Gasteiger partial charge on any atom is -0.342 e. The van der Waals surface area contributed by atoms with Crippen molar-refractivity contribution in [1.82, 2.24) is 29.7 Å². The smallest absolute Gasteiger partial charge is 0.255 e. The third-order valence-corrected chi connectivity index (χ3v) is 6.25. The molecule has 4 heterocycles. The zero-order valence-corrected chi connectivity index (χ0v) is 18.5. The molecule has 4 rings (SSSR count). The van der Waals surface area contributed by atoms with Crippen LogP contribution in [-0.2, 0) is 16.0 Å². The molecular formula is C23H30N6O3. The van der Waals surface area contributed by atoms with Crippen molar-refractivity contribution < 1.29 is 9.59 Å². The highest BCUT2D eigenvalue weighted by Crippen LogP contribution is 2.13. The lowest BCUT2D eigenvalue weighted by Gasteiger charge is -2.36. The number of carbonyl (C=O) groups is 2. The SMILES string of the molecule is Cc1nc(-c2ccccn2)[nH]c(=O)c1CC(=O)N1CCN(CC(=O)N2CCCCC2)CC1. The number of piperazine rings is 1. The number of aryl methyl sites for hydroxylation is 1. The first-order chi connectivity index (χ1) is 15.5. The summed E-state index contributed by atoms with van der Waals surface area (Å²) in [6, 6.07) is 5.40. The number of nitrogens with zero attached hydrogens (tertiary/aromatic N) is 5. The van der Waals surface area contributed by atoms with E-state index in [4.69, 9.17) is 0 Å². The summed E-state index contributed by atoms with van der Waals surface area (Å²) in [5.74, 6) is 0.495. The van der Waals surface area contributed by atoms with Gasteiger partial charge in [-0.1, -0.05) is 6.07 Å². The van der Waals surface area contributed by atoms with E-state index >= 15 is 0 Å². The summed E-state index contributed by atoms with van der Waals surface area (Å²) in [5, 5.41) is 0. The van der Waals surface area contributed by atoms with E-state index in [0.717, 1.165) is 25.9 Å². The summed E-state index contributed by atoms with van der Waals surface area (Å²) >= 11 is 0. The van der Waals surface area contributed by atoms with Gasteiger partial charge in [-0.15, -0.1) is 0 Å². The Morgan fingerprint density at radius 1 is 0.969 bits per heavy atom. The van der Waals surface area contributed by atoms with E-state index in [1.165, 1.54) is 6.42 Å². The molecule has 2 fully saturated rings. The molecule has 9 nitrogen and oxygen atoms in total. The van der Waals surface area contributed by atoms with Gasteiger partial charge in [-0.3, -0.25) is 24.3 Å². The van der Waals surface area contributed by atoms with E-state index in [2.05, 4.69) is 19.9 Å². The van der Waals surface area contributed by atoms with Gasteiger partial charge in [-0.2, -0.15) is 0 Å². The van der Waals surface area contributed by atoms with Crippen LogP contribution in [0.15, 0.2) is 29.2 Å². The minimum atomic E-state index is -0.308. The monoisotopic (exact) mass is 438 g/mol. The van der Waals surface area contributed by atoms with Crippen molar-refractivity contribution in [2.75, 3.05) is 45.8 Å². The molecule has 0 unspecified atom stereocenters. The number of likely N-dealkylation sites (tertiary alicyclic amines) is 1. The molecule has 1 N–H and O–H groups in total. The maximum atomic E-state index is 12.8. The van der Waals surface area contributed by atoms with Crippen molar-refractivity contribution in [2.45, 2.75) is 32.6 Å². The van der Waals surface area contributed by atoms with Crippen LogP contribution in [0.4, 0.5) is 0 Å². The van der Waals surface area contributed by atoms with Crippen molar-refractivity contribution in [1.29, 1.82) is 0 Å². The maximum absolute atomic E-state index is 12.8. The van der Waals surface area contributed by atoms with Crippen LogP contribution in [0.25, 0.3) is 11.5 Å². The Balaban J connectivity index is 1.32. The minimum absolute atomic E-state index is 0.0172. The number of piperidine rings is 1. The van der Waals surface area contributed by atoms with Crippen LogP contribution in [0, 0.1) is 6.92 Å². The number of amides is 2. The van der Waals surface area contributed by atoms with Crippen LogP contribution in [0.3, 0.4) is 0 Å². The molecule has 0 atom stereocenters. The molecule has 2 aliphatic rings. The zero-order valence-electron chi connectivity index (χ0n) is 18.5. The third-order valence-electron chi connectivity index (χ3n) is 6.25. The first kappa shape index (κ1) is 22.1. The van der Waals surface area contributed by atoms with Gasteiger partial charge in [-0.05, 0) is 38.3 Å². The second-order valence-corrected chi connectivity index (χ2v) is 8.47. The number of hydrogen-bond donors (Lipinski definition) is 1. The van der Waals surface area contributed by atoms with Crippen LogP contribution in [-0.4, -0.2) is 87.3 Å².